The highest BCUT2D eigenvalue weighted by Gasteiger charge is 2.04. The van der Waals surface area contributed by atoms with Crippen LogP contribution in [0.4, 0.5) is 0 Å². The molecule has 1 aliphatic heterocycles. The van der Waals surface area contributed by atoms with Gasteiger partial charge in [-0.2, -0.15) is 0 Å². The summed E-state index contributed by atoms with van der Waals surface area (Å²) in [5.74, 6) is 1.17. The maximum Gasteiger partial charge on any atom is 0.0963 e. The lowest BCUT2D eigenvalue weighted by molar-refractivity contribution is 0.848. The first kappa shape index (κ1) is 9.19. The molecule has 0 amide bonds. The molecule has 1 aliphatic rings. The highest BCUT2D eigenvalue weighted by molar-refractivity contribution is 5.83. The summed E-state index contributed by atoms with van der Waals surface area (Å²) in [5, 5.41) is 3.35. The highest BCUT2D eigenvalue weighted by Crippen LogP contribution is 2.01. The predicted molar refractivity (Wildman–Crippen MR) is 57.5 cm³/mol. The fourth-order valence-electron chi connectivity index (χ4n) is 1.58. The summed E-state index contributed by atoms with van der Waals surface area (Å²) in [6.45, 7) is 1.96. The zero-order valence-electron chi connectivity index (χ0n) is 8.24. The molecule has 0 saturated heterocycles. The number of hydrogen-bond donors (Lipinski definition) is 1. The third-order valence-electron chi connectivity index (χ3n) is 2.34. The molecule has 14 heavy (non-hydrogen) atoms. The predicted octanol–water partition coefficient (Wildman–Crippen LogP) is 1.41. The lowest BCUT2D eigenvalue weighted by Crippen LogP contribution is -2.23. The Morgan fingerprint density at radius 3 is 3.14 bits per heavy atom. The van der Waals surface area contributed by atoms with Gasteiger partial charge in [0, 0.05) is 31.9 Å². The van der Waals surface area contributed by atoms with Gasteiger partial charge in [0.25, 0.3) is 0 Å². The first-order valence-electron chi connectivity index (χ1n) is 5.11. The molecule has 0 saturated carbocycles. The van der Waals surface area contributed by atoms with Crippen LogP contribution < -0.4 is 5.32 Å². The molecule has 3 nitrogen and oxygen atoms in total. The molecule has 0 atom stereocenters. The van der Waals surface area contributed by atoms with Crippen molar-refractivity contribution in [3.05, 3.63) is 30.1 Å². The van der Waals surface area contributed by atoms with Gasteiger partial charge in [0.2, 0.25) is 0 Å². The first-order chi connectivity index (χ1) is 6.95. The lowest BCUT2D eigenvalue weighted by Gasteiger charge is -2.04. The van der Waals surface area contributed by atoms with Gasteiger partial charge in [0.1, 0.15) is 0 Å². The molecular weight excluding hydrogens is 174 g/mol. The van der Waals surface area contributed by atoms with E-state index in [9.17, 15) is 0 Å². The lowest BCUT2D eigenvalue weighted by atomic mass is 10.2. The minimum atomic E-state index is 0.963. The fraction of sp³-hybridized carbons (Fsp3) is 0.455. The maximum atomic E-state index is 4.36. The molecule has 1 N–H and O–H groups in total. The normalized spacial score (nSPS) is 15.3. The van der Waals surface area contributed by atoms with Gasteiger partial charge < -0.3 is 5.32 Å². The molecule has 2 rings (SSSR count). The molecule has 0 radical (unpaired) electrons. The number of pyridine rings is 1. The number of aromatic nitrogens is 1. The summed E-state index contributed by atoms with van der Waals surface area (Å²) in [6.07, 6.45) is 7.06. The highest BCUT2D eigenvalue weighted by atomic mass is 15.0. The van der Waals surface area contributed by atoms with E-state index in [1.807, 2.05) is 12.3 Å². The van der Waals surface area contributed by atoms with Crippen LogP contribution in [0, 0.1) is 0 Å². The Hall–Kier alpha value is -1.38. The van der Waals surface area contributed by atoms with Crippen LogP contribution in [0.1, 0.15) is 18.4 Å². The van der Waals surface area contributed by atoms with Gasteiger partial charge in [0.15, 0.2) is 0 Å². The average Bonchev–Trinajstić information content (AvgIpc) is 2.72. The molecule has 1 aromatic heterocycles. The van der Waals surface area contributed by atoms with E-state index in [-0.39, 0.29) is 0 Å². The van der Waals surface area contributed by atoms with Crippen molar-refractivity contribution < 1.29 is 0 Å². The van der Waals surface area contributed by atoms with E-state index in [0.29, 0.717) is 0 Å². The van der Waals surface area contributed by atoms with Crippen molar-refractivity contribution in [1.82, 2.24) is 10.3 Å². The number of rotatable bonds is 3. The topological polar surface area (TPSA) is 37.3 Å². The van der Waals surface area contributed by atoms with E-state index < -0.39 is 0 Å². The van der Waals surface area contributed by atoms with Crippen LogP contribution in [0.25, 0.3) is 0 Å². The van der Waals surface area contributed by atoms with Crippen LogP contribution >= 0.6 is 0 Å². The van der Waals surface area contributed by atoms with Crippen LogP contribution in [-0.2, 0) is 6.42 Å². The second-order valence-electron chi connectivity index (χ2n) is 3.47. The Balaban J connectivity index is 1.73. The maximum absolute atomic E-state index is 4.36. The van der Waals surface area contributed by atoms with Gasteiger partial charge in [-0.05, 0) is 24.5 Å². The molecule has 1 aromatic rings. The first-order valence-corrected chi connectivity index (χ1v) is 5.11. The SMILES string of the molecule is c1cncc(CCNC2=NCCC2)c1. The van der Waals surface area contributed by atoms with Crippen molar-refractivity contribution >= 4 is 5.84 Å². The summed E-state index contributed by atoms with van der Waals surface area (Å²) in [6, 6.07) is 4.08. The average molecular weight is 189 g/mol. The van der Waals surface area contributed by atoms with E-state index in [2.05, 4.69) is 21.4 Å². The van der Waals surface area contributed by atoms with Crippen LogP contribution in [0.2, 0.25) is 0 Å². The Bertz CT molecular complexity index is 306. The van der Waals surface area contributed by atoms with Gasteiger partial charge in [-0.25, -0.2) is 0 Å². The summed E-state index contributed by atoms with van der Waals surface area (Å²) < 4.78 is 0. The van der Waals surface area contributed by atoms with E-state index in [0.717, 1.165) is 25.9 Å². The van der Waals surface area contributed by atoms with E-state index in [4.69, 9.17) is 0 Å². The van der Waals surface area contributed by atoms with Crippen LogP contribution in [-0.4, -0.2) is 23.9 Å². The van der Waals surface area contributed by atoms with Crippen molar-refractivity contribution in [3.8, 4) is 0 Å². The van der Waals surface area contributed by atoms with Crippen molar-refractivity contribution in [2.24, 2.45) is 4.99 Å². The van der Waals surface area contributed by atoms with Gasteiger partial charge in [-0.15, -0.1) is 0 Å². The minimum absolute atomic E-state index is 0.963. The summed E-state index contributed by atoms with van der Waals surface area (Å²) in [5.41, 5.74) is 1.28. The Labute approximate surface area is 84.3 Å². The Morgan fingerprint density at radius 1 is 1.43 bits per heavy atom. The van der Waals surface area contributed by atoms with E-state index in [1.54, 1.807) is 6.20 Å². The number of hydrogen-bond acceptors (Lipinski definition) is 3. The third kappa shape index (κ3) is 2.55. The van der Waals surface area contributed by atoms with E-state index >= 15 is 0 Å². The van der Waals surface area contributed by atoms with Crippen molar-refractivity contribution in [2.75, 3.05) is 13.1 Å². The molecule has 0 unspecified atom stereocenters. The van der Waals surface area contributed by atoms with Crippen LogP contribution in [0.5, 0.6) is 0 Å². The number of aliphatic imine (C=N–C) groups is 1. The summed E-state index contributed by atoms with van der Waals surface area (Å²) in [4.78, 5) is 8.43. The molecule has 2 heterocycles. The quantitative estimate of drug-likeness (QED) is 0.780. The zero-order valence-corrected chi connectivity index (χ0v) is 8.24. The van der Waals surface area contributed by atoms with E-state index in [1.165, 1.54) is 17.8 Å². The third-order valence-corrected chi connectivity index (χ3v) is 2.34. The number of nitrogens with one attached hydrogen (secondary N) is 1. The molecule has 0 spiro atoms. The van der Waals surface area contributed by atoms with Gasteiger partial charge in [-0.3, -0.25) is 9.98 Å². The van der Waals surface area contributed by atoms with Gasteiger partial charge >= 0.3 is 0 Å². The minimum Gasteiger partial charge on any atom is -0.374 e. The summed E-state index contributed by atoms with van der Waals surface area (Å²) >= 11 is 0. The Morgan fingerprint density at radius 2 is 2.43 bits per heavy atom. The molecule has 0 aliphatic carbocycles. The molecule has 0 fully saturated rings. The zero-order chi connectivity index (χ0) is 9.64. The molecule has 74 valence electrons. The number of nitrogens with zero attached hydrogens (tertiary/aromatic N) is 2. The Kier molecular flexibility index (Phi) is 3.11. The van der Waals surface area contributed by atoms with Crippen molar-refractivity contribution in [2.45, 2.75) is 19.3 Å². The largest absolute Gasteiger partial charge is 0.374 e. The fourth-order valence-corrected chi connectivity index (χ4v) is 1.58. The second-order valence-corrected chi connectivity index (χ2v) is 3.47. The summed E-state index contributed by atoms with van der Waals surface area (Å²) in [7, 11) is 0. The van der Waals surface area contributed by atoms with Gasteiger partial charge in [-0.1, -0.05) is 6.07 Å². The second kappa shape index (κ2) is 4.74. The molecule has 0 aromatic carbocycles. The van der Waals surface area contributed by atoms with Gasteiger partial charge in [0.05, 0.1) is 5.84 Å². The smallest absolute Gasteiger partial charge is 0.0963 e. The van der Waals surface area contributed by atoms with Crippen molar-refractivity contribution in [1.29, 1.82) is 0 Å². The number of amidine groups is 1. The molecular formula is C11H15N3. The standard InChI is InChI=1S/C11H15N3/c1-3-10(9-12-6-1)5-8-14-11-4-2-7-13-11/h1,3,6,9H,2,4-5,7-8H2,(H,13,14). The molecule has 0 bridgehead atoms. The van der Waals surface area contributed by atoms with Crippen LogP contribution in [0.3, 0.4) is 0 Å². The monoisotopic (exact) mass is 189 g/mol. The molecule has 3 heteroatoms. The van der Waals surface area contributed by atoms with Crippen LogP contribution in [0.15, 0.2) is 29.5 Å². The van der Waals surface area contributed by atoms with Crippen molar-refractivity contribution in [3.63, 3.8) is 0 Å².